The Hall–Kier alpha value is -1.16. The second-order valence-electron chi connectivity index (χ2n) is 6.79. The Balaban J connectivity index is 2.79. The summed E-state index contributed by atoms with van der Waals surface area (Å²) >= 11 is 1.60. The molecular formula is C14H19NO2S. The summed E-state index contributed by atoms with van der Waals surface area (Å²) in [4.78, 5) is 25.9. The van der Waals surface area contributed by atoms with Crippen molar-refractivity contribution in [1.29, 1.82) is 0 Å². The molecule has 0 radical (unpaired) electrons. The number of carbonyl (C=O) groups is 2. The van der Waals surface area contributed by atoms with Crippen LogP contribution in [0.4, 0.5) is 0 Å². The quantitative estimate of drug-likeness (QED) is 0.732. The van der Waals surface area contributed by atoms with Crippen LogP contribution < -0.4 is 5.32 Å². The Morgan fingerprint density at radius 1 is 0.778 bits per heavy atom. The lowest BCUT2D eigenvalue weighted by Gasteiger charge is -2.19. The van der Waals surface area contributed by atoms with Crippen LogP contribution in [-0.4, -0.2) is 11.8 Å². The number of hydrogen-bond donors (Lipinski definition) is 1. The number of imide groups is 1. The second kappa shape index (κ2) is 3.67. The second-order valence-corrected chi connectivity index (χ2v) is 7.81. The van der Waals surface area contributed by atoms with Crippen molar-refractivity contribution in [1.82, 2.24) is 5.32 Å². The molecule has 0 spiro atoms. The fourth-order valence-corrected chi connectivity index (χ4v) is 3.56. The number of amides is 2. The van der Waals surface area contributed by atoms with E-state index in [4.69, 9.17) is 0 Å². The molecule has 98 valence electrons. The minimum Gasteiger partial charge on any atom is -0.288 e. The van der Waals surface area contributed by atoms with Gasteiger partial charge in [-0.25, -0.2) is 0 Å². The van der Waals surface area contributed by atoms with Gasteiger partial charge in [0.2, 0.25) is 0 Å². The van der Waals surface area contributed by atoms with Gasteiger partial charge in [-0.15, -0.1) is 11.3 Å². The molecule has 0 saturated heterocycles. The van der Waals surface area contributed by atoms with Crippen molar-refractivity contribution in [2.75, 3.05) is 0 Å². The predicted octanol–water partition coefficient (Wildman–Crippen LogP) is 3.23. The molecule has 0 unspecified atom stereocenters. The number of carbonyl (C=O) groups excluding carboxylic acids is 2. The summed E-state index contributed by atoms with van der Waals surface area (Å²) in [5.74, 6) is -0.488. The van der Waals surface area contributed by atoms with Gasteiger partial charge in [0.15, 0.2) is 0 Å². The van der Waals surface area contributed by atoms with Crippen molar-refractivity contribution < 1.29 is 9.59 Å². The molecule has 1 aliphatic heterocycles. The third-order valence-electron chi connectivity index (χ3n) is 2.95. The molecular weight excluding hydrogens is 246 g/mol. The number of rotatable bonds is 0. The van der Waals surface area contributed by atoms with Crippen molar-refractivity contribution in [3.63, 3.8) is 0 Å². The normalized spacial score (nSPS) is 15.9. The Morgan fingerprint density at radius 3 is 1.39 bits per heavy atom. The van der Waals surface area contributed by atoms with Gasteiger partial charge < -0.3 is 0 Å². The van der Waals surface area contributed by atoms with Gasteiger partial charge in [0.1, 0.15) is 0 Å². The summed E-state index contributed by atoms with van der Waals surface area (Å²) in [6.07, 6.45) is 0. The number of fused-ring (bicyclic) bond motifs is 1. The smallest absolute Gasteiger partial charge is 0.260 e. The van der Waals surface area contributed by atoms with E-state index in [1.807, 2.05) is 0 Å². The highest BCUT2D eigenvalue weighted by Crippen LogP contribution is 2.43. The number of nitrogens with one attached hydrogen (secondary N) is 1. The van der Waals surface area contributed by atoms with Crippen LogP contribution in [0.3, 0.4) is 0 Å². The standard InChI is InChI=1S/C14H19NO2S/c1-13(2,3)9-7-8(12(17)15-11(7)16)10(18-9)14(4,5)6/h1-6H3,(H,15,16,17). The zero-order valence-electron chi connectivity index (χ0n) is 11.7. The summed E-state index contributed by atoms with van der Waals surface area (Å²) < 4.78 is 0. The average molecular weight is 265 g/mol. The molecule has 2 rings (SSSR count). The van der Waals surface area contributed by atoms with Crippen LogP contribution in [0.1, 0.15) is 72.0 Å². The first kappa shape index (κ1) is 13.3. The first-order valence-electron chi connectivity index (χ1n) is 6.07. The van der Waals surface area contributed by atoms with Gasteiger partial charge in [0.25, 0.3) is 11.8 Å². The van der Waals surface area contributed by atoms with Crippen LogP contribution in [0.25, 0.3) is 0 Å². The molecule has 0 saturated carbocycles. The molecule has 18 heavy (non-hydrogen) atoms. The first-order valence-corrected chi connectivity index (χ1v) is 6.88. The predicted molar refractivity (Wildman–Crippen MR) is 73.5 cm³/mol. The Labute approximate surface area is 112 Å². The topological polar surface area (TPSA) is 46.2 Å². The van der Waals surface area contributed by atoms with Gasteiger partial charge in [-0.05, 0) is 10.8 Å². The largest absolute Gasteiger partial charge is 0.288 e. The monoisotopic (exact) mass is 265 g/mol. The van der Waals surface area contributed by atoms with E-state index < -0.39 is 0 Å². The van der Waals surface area contributed by atoms with E-state index in [9.17, 15) is 9.59 Å². The fourth-order valence-electron chi connectivity index (χ4n) is 2.15. The van der Waals surface area contributed by atoms with E-state index in [1.165, 1.54) is 0 Å². The molecule has 0 aromatic carbocycles. The third-order valence-corrected chi connectivity index (χ3v) is 4.99. The highest BCUT2D eigenvalue weighted by molar-refractivity contribution is 7.13. The Kier molecular flexibility index (Phi) is 2.71. The molecule has 2 heterocycles. The van der Waals surface area contributed by atoms with E-state index in [0.717, 1.165) is 9.75 Å². The molecule has 1 aliphatic rings. The molecule has 0 aliphatic carbocycles. The average Bonchev–Trinajstić information content (AvgIpc) is 2.64. The molecule has 1 aromatic rings. The van der Waals surface area contributed by atoms with Crippen molar-refractivity contribution in [3.05, 3.63) is 20.9 Å². The van der Waals surface area contributed by atoms with Gasteiger partial charge in [-0.2, -0.15) is 0 Å². The highest BCUT2D eigenvalue weighted by Gasteiger charge is 2.40. The van der Waals surface area contributed by atoms with Crippen LogP contribution in [0.5, 0.6) is 0 Å². The van der Waals surface area contributed by atoms with Crippen LogP contribution in [0, 0.1) is 0 Å². The van der Waals surface area contributed by atoms with Crippen molar-refractivity contribution in [2.24, 2.45) is 0 Å². The van der Waals surface area contributed by atoms with Gasteiger partial charge in [-0.1, -0.05) is 41.5 Å². The molecule has 1 N–H and O–H groups in total. The summed E-state index contributed by atoms with van der Waals surface area (Å²) in [6.45, 7) is 12.4. The summed E-state index contributed by atoms with van der Waals surface area (Å²) in [5.41, 5.74) is 0.949. The number of thiophene rings is 1. The molecule has 3 nitrogen and oxygen atoms in total. The van der Waals surface area contributed by atoms with Crippen LogP contribution in [0.2, 0.25) is 0 Å². The fraction of sp³-hybridized carbons (Fsp3) is 0.571. The Bertz CT molecular complexity index is 495. The van der Waals surface area contributed by atoms with Crippen molar-refractivity contribution in [3.8, 4) is 0 Å². The highest BCUT2D eigenvalue weighted by atomic mass is 32.1. The van der Waals surface area contributed by atoms with E-state index in [0.29, 0.717) is 11.1 Å². The lowest BCUT2D eigenvalue weighted by atomic mass is 9.87. The van der Waals surface area contributed by atoms with E-state index in [-0.39, 0.29) is 22.6 Å². The molecule has 4 heteroatoms. The maximum atomic E-state index is 12.0. The maximum absolute atomic E-state index is 12.0. The van der Waals surface area contributed by atoms with Crippen LogP contribution >= 0.6 is 11.3 Å². The van der Waals surface area contributed by atoms with Gasteiger partial charge in [-0.3, -0.25) is 14.9 Å². The minimum absolute atomic E-state index is 0.125. The summed E-state index contributed by atoms with van der Waals surface area (Å²) in [5, 5.41) is 2.42. The minimum atomic E-state index is -0.244. The maximum Gasteiger partial charge on any atom is 0.260 e. The lowest BCUT2D eigenvalue weighted by molar-refractivity contribution is 0.0878. The van der Waals surface area contributed by atoms with Gasteiger partial charge >= 0.3 is 0 Å². The molecule has 2 amide bonds. The molecule has 0 bridgehead atoms. The first-order chi connectivity index (χ1) is 8.03. The van der Waals surface area contributed by atoms with Crippen molar-refractivity contribution in [2.45, 2.75) is 52.4 Å². The lowest BCUT2D eigenvalue weighted by Crippen LogP contribution is -2.23. The van der Waals surface area contributed by atoms with E-state index in [2.05, 4.69) is 46.9 Å². The Morgan fingerprint density at radius 2 is 1.11 bits per heavy atom. The van der Waals surface area contributed by atoms with Crippen LogP contribution in [0.15, 0.2) is 0 Å². The molecule has 1 aromatic heterocycles. The van der Waals surface area contributed by atoms with Gasteiger partial charge in [0, 0.05) is 9.75 Å². The zero-order valence-corrected chi connectivity index (χ0v) is 12.5. The number of hydrogen-bond acceptors (Lipinski definition) is 3. The van der Waals surface area contributed by atoms with E-state index in [1.54, 1.807) is 11.3 Å². The third kappa shape index (κ3) is 1.88. The SMILES string of the molecule is CC(C)(C)c1sc(C(C)(C)C)c2c1C(=O)NC2=O. The summed E-state index contributed by atoms with van der Waals surface area (Å²) in [7, 11) is 0. The van der Waals surface area contributed by atoms with E-state index >= 15 is 0 Å². The van der Waals surface area contributed by atoms with Crippen LogP contribution in [-0.2, 0) is 10.8 Å². The van der Waals surface area contributed by atoms with Crippen molar-refractivity contribution >= 4 is 23.2 Å². The zero-order chi connectivity index (χ0) is 13.9. The summed E-state index contributed by atoms with van der Waals surface area (Å²) in [6, 6.07) is 0. The van der Waals surface area contributed by atoms with Gasteiger partial charge in [0.05, 0.1) is 11.1 Å². The molecule has 0 fully saturated rings. The molecule has 0 atom stereocenters.